The molecule has 0 aromatic heterocycles. The molecule has 0 spiro atoms. The van der Waals surface area contributed by atoms with Crippen molar-refractivity contribution in [1.29, 1.82) is 5.26 Å². The van der Waals surface area contributed by atoms with Crippen molar-refractivity contribution in [2.45, 2.75) is 0 Å². The Kier molecular flexibility index (Phi) is 5.31. The maximum Gasteiger partial charge on any atom is 0.343 e. The van der Waals surface area contributed by atoms with Crippen molar-refractivity contribution in [2.75, 3.05) is 6.61 Å². The number of ether oxygens (including phenoxy) is 2. The Morgan fingerprint density at radius 1 is 0.846 bits per heavy atom. The summed E-state index contributed by atoms with van der Waals surface area (Å²) in [4.78, 5) is 12.2. The monoisotopic (exact) mass is 342 g/mol. The summed E-state index contributed by atoms with van der Waals surface area (Å²) in [6.07, 6.45) is 0. The molecule has 0 atom stereocenters. The Bertz CT molecular complexity index is 921. The lowest BCUT2D eigenvalue weighted by atomic mass is 10.0. The van der Waals surface area contributed by atoms with Gasteiger partial charge in [0.05, 0.1) is 23.8 Å². The van der Waals surface area contributed by atoms with E-state index < -0.39 is 5.97 Å². The summed E-state index contributed by atoms with van der Waals surface area (Å²) in [5, 5.41) is 8.85. The minimum absolute atomic E-state index is 0.329. The van der Waals surface area contributed by atoms with Crippen LogP contribution in [0.25, 0.3) is 11.1 Å². The van der Waals surface area contributed by atoms with Crippen LogP contribution in [0, 0.1) is 18.3 Å². The fraction of sp³-hybridized carbons (Fsp3) is 0.0455. The summed E-state index contributed by atoms with van der Waals surface area (Å²) in [6.45, 7) is 3.93. The zero-order valence-corrected chi connectivity index (χ0v) is 14.0. The van der Waals surface area contributed by atoms with E-state index in [0.717, 1.165) is 11.1 Å². The quantitative estimate of drug-likeness (QED) is 0.500. The van der Waals surface area contributed by atoms with Gasteiger partial charge in [0.1, 0.15) is 11.5 Å². The molecule has 0 saturated heterocycles. The maximum atomic E-state index is 12.2. The number of carbonyl (C=O) groups is 1. The average Bonchev–Trinajstić information content (AvgIpc) is 2.69. The highest BCUT2D eigenvalue weighted by atomic mass is 16.5. The second-order valence-electron chi connectivity index (χ2n) is 5.48. The summed E-state index contributed by atoms with van der Waals surface area (Å²) in [7, 11) is 0. The SMILES string of the molecule is [CH2]COc1ccc(C(=O)Oc2ccc(-c3ccc(C#N)cc3)cc2)cc1. The van der Waals surface area contributed by atoms with E-state index >= 15 is 0 Å². The van der Waals surface area contributed by atoms with Crippen molar-refractivity contribution in [3.05, 3.63) is 90.8 Å². The van der Waals surface area contributed by atoms with Crippen LogP contribution >= 0.6 is 0 Å². The summed E-state index contributed by atoms with van der Waals surface area (Å²) in [6, 6.07) is 23.3. The molecule has 3 rings (SSSR count). The van der Waals surface area contributed by atoms with Gasteiger partial charge in [-0.2, -0.15) is 5.26 Å². The molecule has 3 aromatic rings. The number of nitrogens with zero attached hydrogens (tertiary/aromatic N) is 1. The third-order valence-electron chi connectivity index (χ3n) is 3.77. The molecule has 0 aliphatic heterocycles. The van der Waals surface area contributed by atoms with E-state index in [9.17, 15) is 4.79 Å². The molecule has 0 N–H and O–H groups in total. The van der Waals surface area contributed by atoms with Crippen molar-refractivity contribution in [1.82, 2.24) is 0 Å². The smallest absolute Gasteiger partial charge is 0.343 e. The summed E-state index contributed by atoms with van der Waals surface area (Å²) in [5.41, 5.74) is 3.02. The van der Waals surface area contributed by atoms with Gasteiger partial charge in [0.2, 0.25) is 0 Å². The molecule has 0 aliphatic carbocycles. The third kappa shape index (κ3) is 4.08. The average molecular weight is 342 g/mol. The van der Waals surface area contributed by atoms with Crippen LogP contribution in [-0.2, 0) is 0 Å². The molecule has 0 saturated carbocycles. The van der Waals surface area contributed by atoms with E-state index in [1.165, 1.54) is 0 Å². The molecule has 0 amide bonds. The van der Waals surface area contributed by atoms with Crippen LogP contribution < -0.4 is 9.47 Å². The van der Waals surface area contributed by atoms with Gasteiger partial charge in [0.25, 0.3) is 0 Å². The Labute approximate surface area is 152 Å². The van der Waals surface area contributed by atoms with E-state index in [1.807, 2.05) is 24.3 Å². The fourth-order valence-corrected chi connectivity index (χ4v) is 2.42. The summed E-state index contributed by atoms with van der Waals surface area (Å²) >= 11 is 0. The van der Waals surface area contributed by atoms with E-state index in [4.69, 9.17) is 14.7 Å². The molecule has 0 heterocycles. The highest BCUT2D eigenvalue weighted by Gasteiger charge is 2.09. The van der Waals surface area contributed by atoms with Gasteiger partial charge in [0, 0.05) is 0 Å². The minimum Gasteiger partial charge on any atom is -0.494 e. The van der Waals surface area contributed by atoms with Gasteiger partial charge in [0.15, 0.2) is 0 Å². The zero-order chi connectivity index (χ0) is 18.4. The first-order valence-corrected chi connectivity index (χ1v) is 8.04. The van der Waals surface area contributed by atoms with Crippen LogP contribution in [0.3, 0.4) is 0 Å². The van der Waals surface area contributed by atoms with E-state index in [2.05, 4.69) is 13.0 Å². The van der Waals surface area contributed by atoms with Gasteiger partial charge in [-0.15, -0.1) is 0 Å². The molecule has 0 aliphatic rings. The van der Waals surface area contributed by atoms with E-state index in [-0.39, 0.29) is 0 Å². The van der Waals surface area contributed by atoms with Gasteiger partial charge in [-0.1, -0.05) is 24.3 Å². The van der Waals surface area contributed by atoms with Gasteiger partial charge in [-0.25, -0.2) is 4.79 Å². The summed E-state index contributed by atoms with van der Waals surface area (Å²) in [5.74, 6) is 0.686. The van der Waals surface area contributed by atoms with Crippen LogP contribution in [0.5, 0.6) is 11.5 Å². The second kappa shape index (κ2) is 8.00. The largest absolute Gasteiger partial charge is 0.494 e. The normalized spacial score (nSPS) is 10.0. The Morgan fingerprint density at radius 3 is 1.92 bits per heavy atom. The van der Waals surface area contributed by atoms with Crippen LogP contribution in [0.15, 0.2) is 72.8 Å². The number of rotatable bonds is 5. The van der Waals surface area contributed by atoms with Crippen LogP contribution in [0.1, 0.15) is 15.9 Å². The number of esters is 1. The number of benzene rings is 3. The van der Waals surface area contributed by atoms with Gasteiger partial charge in [-0.3, -0.25) is 0 Å². The molecule has 127 valence electrons. The molecule has 4 nitrogen and oxygen atoms in total. The van der Waals surface area contributed by atoms with Gasteiger partial charge < -0.3 is 9.47 Å². The highest BCUT2D eigenvalue weighted by Crippen LogP contribution is 2.23. The molecule has 3 aromatic carbocycles. The number of carbonyl (C=O) groups excluding carboxylic acids is 1. The van der Waals surface area contributed by atoms with Crippen LogP contribution in [-0.4, -0.2) is 12.6 Å². The molecular weight excluding hydrogens is 326 g/mol. The van der Waals surface area contributed by atoms with Crippen LogP contribution in [0.4, 0.5) is 0 Å². The number of hydrogen-bond donors (Lipinski definition) is 0. The van der Waals surface area contributed by atoms with Gasteiger partial charge >= 0.3 is 5.97 Å². The lowest BCUT2D eigenvalue weighted by molar-refractivity contribution is 0.0735. The first-order valence-electron chi connectivity index (χ1n) is 8.04. The fourth-order valence-electron chi connectivity index (χ4n) is 2.42. The summed E-state index contributed by atoms with van der Waals surface area (Å²) < 4.78 is 10.6. The Balaban J connectivity index is 1.68. The Hall–Kier alpha value is -3.58. The maximum absolute atomic E-state index is 12.2. The van der Waals surface area contributed by atoms with Crippen molar-refractivity contribution < 1.29 is 14.3 Å². The molecule has 1 radical (unpaired) electrons. The molecule has 4 heteroatoms. The van der Waals surface area contributed by atoms with Crippen molar-refractivity contribution in [2.24, 2.45) is 0 Å². The van der Waals surface area contributed by atoms with E-state index in [1.54, 1.807) is 48.5 Å². The number of nitriles is 1. The highest BCUT2D eigenvalue weighted by molar-refractivity contribution is 5.91. The predicted octanol–water partition coefficient (Wildman–Crippen LogP) is 4.66. The molecule has 0 fully saturated rings. The number of hydrogen-bond acceptors (Lipinski definition) is 4. The van der Waals surface area contributed by atoms with Gasteiger partial charge in [-0.05, 0) is 66.6 Å². The topological polar surface area (TPSA) is 59.3 Å². The molecule has 0 unspecified atom stereocenters. The zero-order valence-electron chi connectivity index (χ0n) is 14.0. The lowest BCUT2D eigenvalue weighted by Gasteiger charge is -2.07. The predicted molar refractivity (Wildman–Crippen MR) is 98.8 cm³/mol. The second-order valence-corrected chi connectivity index (χ2v) is 5.48. The minimum atomic E-state index is -0.433. The van der Waals surface area contributed by atoms with Crippen molar-refractivity contribution in [3.63, 3.8) is 0 Å². The van der Waals surface area contributed by atoms with Crippen LogP contribution in [0.2, 0.25) is 0 Å². The lowest BCUT2D eigenvalue weighted by Crippen LogP contribution is -2.08. The standard InChI is InChI=1S/C22H16NO3/c1-2-25-20-11-9-19(10-12-20)22(24)26-21-13-7-18(8-14-21)17-5-3-16(15-23)4-6-17/h3-14H,1-2H2. The molecule has 0 bridgehead atoms. The van der Waals surface area contributed by atoms with E-state index in [0.29, 0.717) is 29.2 Å². The Morgan fingerprint density at radius 2 is 1.38 bits per heavy atom. The molecule has 26 heavy (non-hydrogen) atoms. The van der Waals surface area contributed by atoms with Crippen molar-refractivity contribution >= 4 is 5.97 Å². The first-order chi connectivity index (χ1) is 12.7. The van der Waals surface area contributed by atoms with Crippen molar-refractivity contribution in [3.8, 4) is 28.7 Å². The third-order valence-corrected chi connectivity index (χ3v) is 3.77. The first kappa shape index (κ1) is 17.2. The molecular formula is C22H16NO3.